The number of hydrogen-bond acceptors (Lipinski definition) is 4. The van der Waals surface area contributed by atoms with E-state index in [-0.39, 0.29) is 17.3 Å². The van der Waals surface area contributed by atoms with Crippen molar-refractivity contribution in [3.63, 3.8) is 0 Å². The summed E-state index contributed by atoms with van der Waals surface area (Å²) < 4.78 is 5.28. The number of esters is 1. The van der Waals surface area contributed by atoms with Crippen LogP contribution in [-0.2, 0) is 22.4 Å². The van der Waals surface area contributed by atoms with Gasteiger partial charge in [0.25, 0.3) is 0 Å². The van der Waals surface area contributed by atoms with Gasteiger partial charge in [-0.05, 0) is 49.5 Å². The van der Waals surface area contributed by atoms with E-state index in [9.17, 15) is 9.59 Å². The van der Waals surface area contributed by atoms with Crippen molar-refractivity contribution in [2.24, 2.45) is 11.3 Å². The van der Waals surface area contributed by atoms with Crippen LogP contribution in [0.1, 0.15) is 87.5 Å². The molecule has 0 radical (unpaired) electrons. The molecule has 1 aromatic heterocycles. The highest BCUT2D eigenvalue weighted by atomic mass is 32.1. The number of carbonyl (C=O) groups is 2. The normalized spacial score (nSPS) is 16.9. The van der Waals surface area contributed by atoms with E-state index < -0.39 is 0 Å². The van der Waals surface area contributed by atoms with E-state index in [2.05, 4.69) is 33.0 Å². The zero-order valence-corrected chi connectivity index (χ0v) is 17.7. The Labute approximate surface area is 161 Å². The molecule has 0 fully saturated rings. The molecule has 0 saturated carbocycles. The van der Waals surface area contributed by atoms with Crippen LogP contribution < -0.4 is 5.32 Å². The van der Waals surface area contributed by atoms with Gasteiger partial charge in [-0.3, -0.25) is 4.79 Å². The highest BCUT2D eigenvalue weighted by Gasteiger charge is 2.34. The molecule has 26 heavy (non-hydrogen) atoms. The predicted molar refractivity (Wildman–Crippen MR) is 108 cm³/mol. The molecule has 1 heterocycles. The fourth-order valence-electron chi connectivity index (χ4n) is 3.56. The van der Waals surface area contributed by atoms with E-state index in [1.54, 1.807) is 11.3 Å². The number of nitrogens with one attached hydrogen (secondary N) is 1. The summed E-state index contributed by atoms with van der Waals surface area (Å²) >= 11 is 1.57. The van der Waals surface area contributed by atoms with Gasteiger partial charge in [-0.15, -0.1) is 11.3 Å². The molecule has 2 rings (SSSR count). The first-order chi connectivity index (χ1) is 12.3. The van der Waals surface area contributed by atoms with Crippen LogP contribution in [0.15, 0.2) is 0 Å². The van der Waals surface area contributed by atoms with Crippen LogP contribution in [0.25, 0.3) is 0 Å². The van der Waals surface area contributed by atoms with Gasteiger partial charge in [-0.1, -0.05) is 40.5 Å². The lowest BCUT2D eigenvalue weighted by Crippen LogP contribution is -2.26. The third-order valence-corrected chi connectivity index (χ3v) is 6.40. The quantitative estimate of drug-likeness (QED) is 0.496. The monoisotopic (exact) mass is 379 g/mol. The number of unbranched alkanes of at least 4 members (excludes halogenated alkanes) is 2. The summed E-state index contributed by atoms with van der Waals surface area (Å²) in [6, 6.07) is 0. The summed E-state index contributed by atoms with van der Waals surface area (Å²) in [6.07, 6.45) is 6.45. The fourth-order valence-corrected chi connectivity index (χ4v) is 4.89. The standard InChI is InChI=1S/C21H33NO3S/c1-6-8-9-10-17(23)22-19-18(20(24)25-7-2)15-12-11-14(21(3,4)5)13-16(15)26-19/h14H,6-13H2,1-5H3,(H,22,23). The largest absolute Gasteiger partial charge is 0.462 e. The van der Waals surface area contributed by atoms with Gasteiger partial charge in [-0.2, -0.15) is 0 Å². The van der Waals surface area contributed by atoms with Gasteiger partial charge >= 0.3 is 5.97 Å². The highest BCUT2D eigenvalue weighted by molar-refractivity contribution is 7.17. The molecule has 1 atom stereocenters. The number of hydrogen-bond donors (Lipinski definition) is 1. The van der Waals surface area contributed by atoms with E-state index in [0.717, 1.165) is 44.1 Å². The third kappa shape index (κ3) is 5.09. The Morgan fingerprint density at radius 3 is 2.58 bits per heavy atom. The molecule has 0 aliphatic heterocycles. The zero-order valence-electron chi connectivity index (χ0n) is 16.9. The Hall–Kier alpha value is -1.36. The second-order valence-electron chi connectivity index (χ2n) is 8.24. The molecule has 1 aromatic rings. The molecule has 1 unspecified atom stereocenters. The van der Waals surface area contributed by atoms with Crippen molar-refractivity contribution >= 4 is 28.2 Å². The predicted octanol–water partition coefficient (Wildman–Crippen LogP) is 5.59. The van der Waals surface area contributed by atoms with E-state index >= 15 is 0 Å². The van der Waals surface area contributed by atoms with Crippen molar-refractivity contribution in [2.75, 3.05) is 11.9 Å². The van der Waals surface area contributed by atoms with Gasteiger partial charge in [0, 0.05) is 11.3 Å². The Morgan fingerprint density at radius 2 is 1.96 bits per heavy atom. The van der Waals surface area contributed by atoms with E-state index in [4.69, 9.17) is 4.74 Å². The maximum absolute atomic E-state index is 12.6. The van der Waals surface area contributed by atoms with E-state index in [1.165, 1.54) is 4.88 Å². The van der Waals surface area contributed by atoms with Crippen LogP contribution in [0.2, 0.25) is 0 Å². The zero-order chi connectivity index (χ0) is 19.3. The van der Waals surface area contributed by atoms with Crippen molar-refractivity contribution in [3.05, 3.63) is 16.0 Å². The Balaban J connectivity index is 2.25. The number of anilines is 1. The minimum Gasteiger partial charge on any atom is -0.462 e. The molecule has 146 valence electrons. The molecular formula is C21H33NO3S. The molecule has 0 saturated heterocycles. The van der Waals surface area contributed by atoms with Crippen LogP contribution in [0.5, 0.6) is 0 Å². The number of thiophene rings is 1. The van der Waals surface area contributed by atoms with E-state index in [0.29, 0.717) is 29.5 Å². The second-order valence-corrected chi connectivity index (χ2v) is 9.34. The number of ether oxygens (including phenoxy) is 1. The molecule has 1 amide bonds. The third-order valence-electron chi connectivity index (χ3n) is 5.23. The molecule has 4 nitrogen and oxygen atoms in total. The minimum absolute atomic E-state index is 0.00466. The number of rotatable bonds is 7. The molecular weight excluding hydrogens is 346 g/mol. The summed E-state index contributed by atoms with van der Waals surface area (Å²) in [4.78, 5) is 26.1. The lowest BCUT2D eigenvalue weighted by atomic mass is 9.72. The van der Waals surface area contributed by atoms with Crippen molar-refractivity contribution in [1.29, 1.82) is 0 Å². The van der Waals surface area contributed by atoms with Crippen LogP contribution in [0.4, 0.5) is 5.00 Å². The van der Waals surface area contributed by atoms with Crippen LogP contribution in [0.3, 0.4) is 0 Å². The Kier molecular flexibility index (Phi) is 7.27. The molecule has 0 bridgehead atoms. The number of carbonyl (C=O) groups excluding carboxylic acids is 2. The van der Waals surface area contributed by atoms with Gasteiger partial charge in [0.1, 0.15) is 5.00 Å². The molecule has 0 spiro atoms. The van der Waals surface area contributed by atoms with Gasteiger partial charge < -0.3 is 10.1 Å². The first-order valence-electron chi connectivity index (χ1n) is 9.89. The summed E-state index contributed by atoms with van der Waals surface area (Å²) in [5.41, 5.74) is 1.94. The smallest absolute Gasteiger partial charge is 0.341 e. The van der Waals surface area contributed by atoms with Crippen LogP contribution in [0, 0.1) is 11.3 Å². The van der Waals surface area contributed by atoms with Crippen LogP contribution >= 0.6 is 11.3 Å². The minimum atomic E-state index is -0.303. The highest BCUT2D eigenvalue weighted by Crippen LogP contribution is 2.44. The lowest BCUT2D eigenvalue weighted by molar-refractivity contribution is -0.116. The van der Waals surface area contributed by atoms with Crippen molar-refractivity contribution < 1.29 is 14.3 Å². The first-order valence-corrected chi connectivity index (χ1v) is 10.7. The number of fused-ring (bicyclic) bond motifs is 1. The van der Waals surface area contributed by atoms with Gasteiger partial charge in [0.05, 0.1) is 12.2 Å². The summed E-state index contributed by atoms with van der Waals surface area (Å²) in [5.74, 6) is 0.287. The average Bonchev–Trinajstić information content (AvgIpc) is 2.91. The molecule has 0 aromatic carbocycles. The van der Waals surface area contributed by atoms with Gasteiger partial charge in [-0.25, -0.2) is 4.79 Å². The van der Waals surface area contributed by atoms with Crippen molar-refractivity contribution in [2.45, 2.75) is 79.6 Å². The second kappa shape index (κ2) is 9.03. The van der Waals surface area contributed by atoms with Gasteiger partial charge in [0.15, 0.2) is 0 Å². The maximum Gasteiger partial charge on any atom is 0.341 e. The average molecular weight is 380 g/mol. The fraction of sp³-hybridized carbons (Fsp3) is 0.714. The molecule has 1 aliphatic carbocycles. The van der Waals surface area contributed by atoms with E-state index in [1.807, 2.05) is 6.92 Å². The Morgan fingerprint density at radius 1 is 1.23 bits per heavy atom. The Bertz CT molecular complexity index is 642. The van der Waals surface area contributed by atoms with Crippen LogP contribution in [-0.4, -0.2) is 18.5 Å². The van der Waals surface area contributed by atoms with Gasteiger partial charge in [0.2, 0.25) is 5.91 Å². The molecule has 1 aliphatic rings. The first kappa shape index (κ1) is 20.9. The molecule has 5 heteroatoms. The lowest BCUT2D eigenvalue weighted by Gasteiger charge is -2.33. The summed E-state index contributed by atoms with van der Waals surface area (Å²) in [6.45, 7) is 11.1. The maximum atomic E-state index is 12.6. The molecule has 1 N–H and O–H groups in total. The SMILES string of the molecule is CCCCCC(=O)Nc1sc2c(c1C(=O)OCC)CCC(C(C)(C)C)C2. The topological polar surface area (TPSA) is 55.4 Å². The summed E-state index contributed by atoms with van der Waals surface area (Å²) in [5, 5.41) is 3.68. The van der Waals surface area contributed by atoms with Crippen molar-refractivity contribution in [1.82, 2.24) is 0 Å². The van der Waals surface area contributed by atoms with Crippen molar-refractivity contribution in [3.8, 4) is 0 Å². The summed E-state index contributed by atoms with van der Waals surface area (Å²) in [7, 11) is 0. The number of amides is 1.